The molecule has 1 aromatic rings. The zero-order chi connectivity index (χ0) is 12.0. The minimum Gasteiger partial charge on any atom is -0.494 e. The first-order chi connectivity index (χ1) is 7.63. The molecule has 16 heavy (non-hydrogen) atoms. The van der Waals surface area contributed by atoms with Crippen molar-refractivity contribution < 1.29 is 9.53 Å². The van der Waals surface area contributed by atoms with E-state index in [1.165, 1.54) is 6.42 Å². The van der Waals surface area contributed by atoms with Crippen LogP contribution >= 0.6 is 0 Å². The third-order valence-corrected chi connectivity index (χ3v) is 2.56. The van der Waals surface area contributed by atoms with Gasteiger partial charge in [-0.05, 0) is 49.4 Å². The highest BCUT2D eigenvalue weighted by atomic mass is 16.5. The third kappa shape index (κ3) is 4.05. The minimum absolute atomic E-state index is 0.725. The number of carbonyl (C=O) groups excluding carboxylic acids is 1. The molecule has 0 fully saturated rings. The van der Waals surface area contributed by atoms with Gasteiger partial charge in [-0.25, -0.2) is 0 Å². The van der Waals surface area contributed by atoms with E-state index in [0.717, 1.165) is 42.1 Å². The zero-order valence-electron chi connectivity index (χ0n) is 10.3. The number of benzene rings is 1. The van der Waals surface area contributed by atoms with Gasteiger partial charge in [0, 0.05) is 5.56 Å². The van der Waals surface area contributed by atoms with Crippen molar-refractivity contribution in [2.75, 3.05) is 6.61 Å². The van der Waals surface area contributed by atoms with Crippen LogP contribution in [-0.4, -0.2) is 12.9 Å². The van der Waals surface area contributed by atoms with E-state index in [0.29, 0.717) is 0 Å². The molecule has 2 nitrogen and oxygen atoms in total. The van der Waals surface area contributed by atoms with Crippen molar-refractivity contribution >= 4 is 6.29 Å². The van der Waals surface area contributed by atoms with Crippen molar-refractivity contribution in [1.82, 2.24) is 0 Å². The van der Waals surface area contributed by atoms with Crippen LogP contribution in [0.15, 0.2) is 18.2 Å². The summed E-state index contributed by atoms with van der Waals surface area (Å²) >= 11 is 0. The van der Waals surface area contributed by atoms with Crippen molar-refractivity contribution in [2.24, 2.45) is 5.92 Å². The lowest BCUT2D eigenvalue weighted by Gasteiger charge is -2.08. The van der Waals surface area contributed by atoms with Gasteiger partial charge in [0.25, 0.3) is 0 Å². The highest BCUT2D eigenvalue weighted by Crippen LogP contribution is 2.16. The number of ether oxygens (including phenoxy) is 1. The normalized spacial score (nSPS) is 10.5. The van der Waals surface area contributed by atoms with Gasteiger partial charge >= 0.3 is 0 Å². The van der Waals surface area contributed by atoms with Gasteiger partial charge in [0.1, 0.15) is 12.0 Å². The van der Waals surface area contributed by atoms with E-state index >= 15 is 0 Å². The smallest absolute Gasteiger partial charge is 0.150 e. The lowest BCUT2D eigenvalue weighted by Crippen LogP contribution is -2.00. The predicted molar refractivity (Wildman–Crippen MR) is 66.1 cm³/mol. The van der Waals surface area contributed by atoms with Crippen LogP contribution in [-0.2, 0) is 0 Å². The van der Waals surface area contributed by atoms with Crippen molar-refractivity contribution in [2.45, 2.75) is 33.6 Å². The molecular weight excluding hydrogens is 200 g/mol. The standard InChI is InChI=1S/C14H20O2/c1-11(2)5-4-8-16-14-7-6-13(10-15)12(3)9-14/h6-7,9-11H,4-5,8H2,1-3H3. The number of hydrogen-bond acceptors (Lipinski definition) is 2. The van der Waals surface area contributed by atoms with E-state index in [1.54, 1.807) is 6.07 Å². The Balaban J connectivity index is 2.43. The molecule has 0 saturated heterocycles. The van der Waals surface area contributed by atoms with E-state index < -0.39 is 0 Å². The maximum Gasteiger partial charge on any atom is 0.150 e. The van der Waals surface area contributed by atoms with E-state index in [2.05, 4.69) is 13.8 Å². The Hall–Kier alpha value is -1.31. The number of rotatable bonds is 6. The number of aldehydes is 1. The molecule has 0 unspecified atom stereocenters. The summed E-state index contributed by atoms with van der Waals surface area (Å²) in [4.78, 5) is 10.6. The zero-order valence-corrected chi connectivity index (χ0v) is 10.3. The maximum absolute atomic E-state index is 10.6. The number of aryl methyl sites for hydroxylation is 1. The average molecular weight is 220 g/mol. The van der Waals surface area contributed by atoms with Crippen molar-refractivity contribution in [3.63, 3.8) is 0 Å². The topological polar surface area (TPSA) is 26.3 Å². The van der Waals surface area contributed by atoms with Gasteiger partial charge in [0.2, 0.25) is 0 Å². The molecule has 0 bridgehead atoms. The molecule has 88 valence electrons. The van der Waals surface area contributed by atoms with Gasteiger partial charge < -0.3 is 4.74 Å². The molecule has 1 aromatic carbocycles. The first-order valence-corrected chi connectivity index (χ1v) is 5.82. The molecule has 0 aromatic heterocycles. The van der Waals surface area contributed by atoms with Gasteiger partial charge in [-0.3, -0.25) is 4.79 Å². The maximum atomic E-state index is 10.6. The van der Waals surface area contributed by atoms with Crippen LogP contribution in [0.1, 0.15) is 42.6 Å². The summed E-state index contributed by atoms with van der Waals surface area (Å²) in [5.74, 6) is 1.58. The molecule has 0 aliphatic carbocycles. The molecule has 2 heteroatoms. The van der Waals surface area contributed by atoms with E-state index in [1.807, 2.05) is 19.1 Å². The van der Waals surface area contributed by atoms with Gasteiger partial charge in [0.15, 0.2) is 0 Å². The predicted octanol–water partition coefficient (Wildman–Crippen LogP) is 3.62. The third-order valence-electron chi connectivity index (χ3n) is 2.56. The van der Waals surface area contributed by atoms with E-state index in [9.17, 15) is 4.79 Å². The second-order valence-corrected chi connectivity index (χ2v) is 4.52. The highest BCUT2D eigenvalue weighted by molar-refractivity contribution is 5.77. The second-order valence-electron chi connectivity index (χ2n) is 4.52. The summed E-state index contributed by atoms with van der Waals surface area (Å²) in [7, 11) is 0. The Labute approximate surface area is 97.6 Å². The Bertz CT molecular complexity index is 343. The van der Waals surface area contributed by atoms with Crippen molar-refractivity contribution in [3.05, 3.63) is 29.3 Å². The van der Waals surface area contributed by atoms with E-state index in [-0.39, 0.29) is 0 Å². The second kappa shape index (κ2) is 6.31. The summed E-state index contributed by atoms with van der Waals surface area (Å²) in [6.07, 6.45) is 3.13. The van der Waals surface area contributed by atoms with Crippen LogP contribution in [0.4, 0.5) is 0 Å². The van der Waals surface area contributed by atoms with Crippen molar-refractivity contribution in [1.29, 1.82) is 0 Å². The fourth-order valence-electron chi connectivity index (χ4n) is 1.55. The summed E-state index contributed by atoms with van der Waals surface area (Å²) < 4.78 is 5.62. The highest BCUT2D eigenvalue weighted by Gasteiger charge is 2.00. The minimum atomic E-state index is 0.725. The average Bonchev–Trinajstić information content (AvgIpc) is 2.24. The summed E-state index contributed by atoms with van der Waals surface area (Å²) in [5.41, 5.74) is 1.70. The lowest BCUT2D eigenvalue weighted by molar-refractivity contribution is 0.112. The summed E-state index contributed by atoms with van der Waals surface area (Å²) in [5, 5.41) is 0. The quantitative estimate of drug-likeness (QED) is 0.540. The molecule has 1 rings (SSSR count). The fourth-order valence-corrected chi connectivity index (χ4v) is 1.55. The first kappa shape index (κ1) is 12.8. The molecule has 0 N–H and O–H groups in total. The molecule has 0 spiro atoms. The van der Waals surface area contributed by atoms with Gasteiger partial charge in [-0.15, -0.1) is 0 Å². The van der Waals surface area contributed by atoms with Gasteiger partial charge in [0.05, 0.1) is 6.61 Å². The van der Waals surface area contributed by atoms with Gasteiger partial charge in [-0.2, -0.15) is 0 Å². The molecule has 0 radical (unpaired) electrons. The molecule has 0 amide bonds. The molecule has 0 aliphatic rings. The molecule has 0 aliphatic heterocycles. The number of hydrogen-bond donors (Lipinski definition) is 0. The largest absolute Gasteiger partial charge is 0.494 e. The molecule has 0 heterocycles. The van der Waals surface area contributed by atoms with Crippen LogP contribution in [0.3, 0.4) is 0 Å². The Kier molecular flexibility index (Phi) is 5.03. The Morgan fingerprint density at radius 3 is 2.69 bits per heavy atom. The fraction of sp³-hybridized carbons (Fsp3) is 0.500. The SMILES string of the molecule is Cc1cc(OCCCC(C)C)ccc1C=O. The first-order valence-electron chi connectivity index (χ1n) is 5.82. The van der Waals surface area contributed by atoms with Crippen LogP contribution in [0, 0.1) is 12.8 Å². The Morgan fingerprint density at radius 2 is 2.12 bits per heavy atom. The van der Waals surface area contributed by atoms with Crippen LogP contribution in [0.5, 0.6) is 5.75 Å². The van der Waals surface area contributed by atoms with Gasteiger partial charge in [-0.1, -0.05) is 13.8 Å². The van der Waals surface area contributed by atoms with Crippen LogP contribution in [0.25, 0.3) is 0 Å². The summed E-state index contributed by atoms with van der Waals surface area (Å²) in [6, 6.07) is 5.57. The lowest BCUT2D eigenvalue weighted by atomic mass is 10.1. The monoisotopic (exact) mass is 220 g/mol. The molecular formula is C14H20O2. The molecule has 0 saturated carbocycles. The van der Waals surface area contributed by atoms with Crippen molar-refractivity contribution in [3.8, 4) is 5.75 Å². The Morgan fingerprint density at radius 1 is 1.38 bits per heavy atom. The summed E-state index contributed by atoms with van der Waals surface area (Å²) in [6.45, 7) is 7.09. The number of carbonyl (C=O) groups is 1. The molecule has 0 atom stereocenters. The van der Waals surface area contributed by atoms with Crippen LogP contribution in [0.2, 0.25) is 0 Å². The van der Waals surface area contributed by atoms with E-state index in [4.69, 9.17) is 4.74 Å². The van der Waals surface area contributed by atoms with Crippen LogP contribution < -0.4 is 4.74 Å².